The van der Waals surface area contributed by atoms with E-state index in [2.05, 4.69) is 51.7 Å². The molecule has 0 aromatic heterocycles. The Hall–Kier alpha value is -2.12. The van der Waals surface area contributed by atoms with Crippen LogP contribution in [0.25, 0.3) is 0 Å². The number of hydrogen-bond acceptors (Lipinski definition) is 5. The largest absolute Gasteiger partial charge is 0.368 e. The van der Waals surface area contributed by atoms with Crippen LogP contribution in [0.5, 0.6) is 0 Å². The number of piperazine rings is 1. The first-order chi connectivity index (χ1) is 13.6. The molecule has 1 aromatic carbocycles. The Balaban J connectivity index is 1.27. The number of para-hydroxylation sites is 1. The van der Waals surface area contributed by atoms with Crippen molar-refractivity contribution < 1.29 is 9.59 Å². The van der Waals surface area contributed by atoms with Crippen molar-refractivity contribution in [1.82, 2.24) is 20.4 Å². The van der Waals surface area contributed by atoms with Crippen LogP contribution in [-0.2, 0) is 9.59 Å². The summed E-state index contributed by atoms with van der Waals surface area (Å²) in [5.74, 6) is 0.331. The molecule has 7 nitrogen and oxygen atoms in total. The lowest BCUT2D eigenvalue weighted by atomic mass is 10.0. The quantitative estimate of drug-likeness (QED) is 0.779. The predicted molar refractivity (Wildman–Crippen MR) is 109 cm³/mol. The van der Waals surface area contributed by atoms with Crippen molar-refractivity contribution in [3.05, 3.63) is 30.3 Å². The second kappa shape index (κ2) is 8.49. The number of benzene rings is 1. The van der Waals surface area contributed by atoms with Crippen LogP contribution in [0.15, 0.2) is 30.3 Å². The van der Waals surface area contributed by atoms with Crippen molar-refractivity contribution in [2.45, 2.75) is 37.4 Å². The normalized spacial score (nSPS) is 28.6. The highest BCUT2D eigenvalue weighted by atomic mass is 16.2. The van der Waals surface area contributed by atoms with Gasteiger partial charge < -0.3 is 20.4 Å². The molecule has 0 saturated carbocycles. The SMILES string of the molecule is CN1C(CCC(=O)N2CCN(c3ccccc3)CC2)CNC(=O)C2NCCC21. The summed E-state index contributed by atoms with van der Waals surface area (Å²) >= 11 is 0. The minimum absolute atomic E-state index is 0.0974. The maximum absolute atomic E-state index is 12.8. The number of fused-ring (bicyclic) bond motifs is 1. The number of carbonyl (C=O) groups excluding carboxylic acids is 2. The highest BCUT2D eigenvalue weighted by Crippen LogP contribution is 2.22. The summed E-state index contributed by atoms with van der Waals surface area (Å²) in [4.78, 5) is 31.6. The molecular formula is C21H31N5O2. The molecule has 0 radical (unpaired) electrons. The van der Waals surface area contributed by atoms with E-state index < -0.39 is 0 Å². The summed E-state index contributed by atoms with van der Waals surface area (Å²) in [6.07, 6.45) is 2.32. The minimum Gasteiger partial charge on any atom is -0.368 e. The first-order valence-electron chi connectivity index (χ1n) is 10.4. The number of anilines is 1. The van der Waals surface area contributed by atoms with Gasteiger partial charge in [0.15, 0.2) is 0 Å². The lowest BCUT2D eigenvalue weighted by Crippen LogP contribution is -2.49. The maximum Gasteiger partial charge on any atom is 0.238 e. The van der Waals surface area contributed by atoms with Crippen molar-refractivity contribution in [2.24, 2.45) is 0 Å². The smallest absolute Gasteiger partial charge is 0.238 e. The van der Waals surface area contributed by atoms with Gasteiger partial charge in [-0.2, -0.15) is 0 Å². The Morgan fingerprint density at radius 3 is 2.64 bits per heavy atom. The van der Waals surface area contributed by atoms with Gasteiger partial charge in [-0.3, -0.25) is 14.5 Å². The number of nitrogens with zero attached hydrogens (tertiary/aromatic N) is 3. The maximum atomic E-state index is 12.8. The van der Waals surface area contributed by atoms with Gasteiger partial charge >= 0.3 is 0 Å². The van der Waals surface area contributed by atoms with Gasteiger partial charge in [0, 0.05) is 56.9 Å². The molecule has 0 bridgehead atoms. The van der Waals surface area contributed by atoms with Gasteiger partial charge in [0.05, 0.1) is 0 Å². The molecule has 7 heteroatoms. The molecule has 3 aliphatic rings. The molecule has 0 spiro atoms. The molecule has 3 heterocycles. The van der Waals surface area contributed by atoms with Crippen molar-refractivity contribution >= 4 is 17.5 Å². The van der Waals surface area contributed by atoms with Gasteiger partial charge in [0.1, 0.15) is 6.04 Å². The molecule has 2 amide bonds. The third-order valence-corrected chi connectivity index (χ3v) is 6.53. The Labute approximate surface area is 167 Å². The van der Waals surface area contributed by atoms with Gasteiger partial charge in [0.2, 0.25) is 11.8 Å². The first kappa shape index (κ1) is 19.2. The fourth-order valence-corrected chi connectivity index (χ4v) is 4.75. The molecule has 1 aromatic rings. The predicted octanol–water partition coefficient (Wildman–Crippen LogP) is 0.276. The lowest BCUT2D eigenvalue weighted by molar-refractivity contribution is -0.131. The second-order valence-corrected chi connectivity index (χ2v) is 8.09. The van der Waals surface area contributed by atoms with Crippen LogP contribution >= 0.6 is 0 Å². The molecule has 3 fully saturated rings. The van der Waals surface area contributed by atoms with Gasteiger partial charge in [-0.15, -0.1) is 0 Å². The molecule has 3 aliphatic heterocycles. The molecule has 3 unspecified atom stereocenters. The van der Waals surface area contributed by atoms with Gasteiger partial charge in [-0.05, 0) is 38.6 Å². The Kier molecular flexibility index (Phi) is 5.82. The van der Waals surface area contributed by atoms with Crippen LogP contribution in [0, 0.1) is 0 Å². The molecule has 3 saturated heterocycles. The first-order valence-corrected chi connectivity index (χ1v) is 10.4. The topological polar surface area (TPSA) is 67.9 Å². The highest BCUT2D eigenvalue weighted by molar-refractivity contribution is 5.83. The average molecular weight is 386 g/mol. The van der Waals surface area contributed by atoms with Crippen LogP contribution in [0.4, 0.5) is 5.69 Å². The Bertz CT molecular complexity index is 689. The fourth-order valence-electron chi connectivity index (χ4n) is 4.75. The van der Waals surface area contributed by atoms with Crippen LogP contribution in [-0.4, -0.2) is 86.1 Å². The molecule has 4 rings (SSSR count). The van der Waals surface area contributed by atoms with Crippen molar-refractivity contribution in [2.75, 3.05) is 51.2 Å². The van der Waals surface area contributed by atoms with E-state index >= 15 is 0 Å². The second-order valence-electron chi connectivity index (χ2n) is 8.09. The number of carbonyl (C=O) groups is 2. The summed E-state index contributed by atoms with van der Waals surface area (Å²) in [6.45, 7) is 4.82. The third kappa shape index (κ3) is 4.00. The number of nitrogens with one attached hydrogen (secondary N) is 2. The lowest BCUT2D eigenvalue weighted by Gasteiger charge is -2.37. The molecule has 28 heavy (non-hydrogen) atoms. The summed E-state index contributed by atoms with van der Waals surface area (Å²) in [6, 6.07) is 10.7. The van der Waals surface area contributed by atoms with E-state index in [1.807, 2.05) is 11.0 Å². The molecule has 0 aliphatic carbocycles. The van der Waals surface area contributed by atoms with Crippen LogP contribution in [0.2, 0.25) is 0 Å². The van der Waals surface area contributed by atoms with E-state index in [1.165, 1.54) is 5.69 Å². The molecule has 3 atom stereocenters. The third-order valence-electron chi connectivity index (χ3n) is 6.53. The van der Waals surface area contributed by atoms with E-state index in [0.29, 0.717) is 13.0 Å². The van der Waals surface area contributed by atoms with E-state index in [0.717, 1.165) is 45.6 Å². The zero-order chi connectivity index (χ0) is 19.5. The van der Waals surface area contributed by atoms with E-state index in [4.69, 9.17) is 0 Å². The Morgan fingerprint density at radius 2 is 1.89 bits per heavy atom. The summed E-state index contributed by atoms with van der Waals surface area (Å²) in [7, 11) is 2.10. The zero-order valence-electron chi connectivity index (χ0n) is 16.6. The van der Waals surface area contributed by atoms with E-state index in [1.54, 1.807) is 0 Å². The van der Waals surface area contributed by atoms with Crippen molar-refractivity contribution in [1.29, 1.82) is 0 Å². The summed E-state index contributed by atoms with van der Waals surface area (Å²) < 4.78 is 0. The van der Waals surface area contributed by atoms with E-state index in [-0.39, 0.29) is 29.9 Å². The standard InChI is InChI=1S/C21H31N5O2/c1-24-17(15-23-21(28)20-18(24)9-10-22-20)7-8-19(27)26-13-11-25(12-14-26)16-5-3-2-4-6-16/h2-6,17-18,20,22H,7-15H2,1H3,(H,23,28). The number of amides is 2. The zero-order valence-corrected chi connectivity index (χ0v) is 16.6. The average Bonchev–Trinajstić information content (AvgIpc) is 3.20. The van der Waals surface area contributed by atoms with Gasteiger partial charge in [0.25, 0.3) is 0 Å². The minimum atomic E-state index is -0.114. The summed E-state index contributed by atoms with van der Waals surface area (Å²) in [5, 5.41) is 6.35. The van der Waals surface area contributed by atoms with Crippen molar-refractivity contribution in [3.8, 4) is 0 Å². The number of likely N-dealkylation sites (N-methyl/N-ethyl adjacent to an activating group) is 1. The van der Waals surface area contributed by atoms with Crippen LogP contribution < -0.4 is 15.5 Å². The Morgan fingerprint density at radius 1 is 1.14 bits per heavy atom. The van der Waals surface area contributed by atoms with Crippen molar-refractivity contribution in [3.63, 3.8) is 0 Å². The molecular weight excluding hydrogens is 354 g/mol. The molecule has 2 N–H and O–H groups in total. The highest BCUT2D eigenvalue weighted by Gasteiger charge is 2.40. The van der Waals surface area contributed by atoms with E-state index in [9.17, 15) is 9.59 Å². The van der Waals surface area contributed by atoms with Gasteiger partial charge in [-0.1, -0.05) is 18.2 Å². The molecule has 152 valence electrons. The van der Waals surface area contributed by atoms with Crippen LogP contribution in [0.1, 0.15) is 19.3 Å². The monoisotopic (exact) mass is 385 g/mol. The van der Waals surface area contributed by atoms with Crippen LogP contribution in [0.3, 0.4) is 0 Å². The number of rotatable bonds is 4. The number of hydrogen-bond donors (Lipinski definition) is 2. The van der Waals surface area contributed by atoms with Gasteiger partial charge in [-0.25, -0.2) is 0 Å². The fraction of sp³-hybridized carbons (Fsp3) is 0.619. The summed E-state index contributed by atoms with van der Waals surface area (Å²) in [5.41, 5.74) is 1.23.